The van der Waals surface area contributed by atoms with E-state index >= 15 is 0 Å². The average molecular weight is 291 g/mol. The first-order valence-corrected chi connectivity index (χ1v) is 7.73. The Morgan fingerprint density at radius 3 is 2.48 bits per heavy atom. The van der Waals surface area contributed by atoms with Crippen LogP contribution in [0.5, 0.6) is 0 Å². The number of aliphatic hydroxyl groups is 2. The van der Waals surface area contributed by atoms with Gasteiger partial charge in [0, 0.05) is 0 Å². The zero-order valence-corrected chi connectivity index (χ0v) is 12.6. The summed E-state index contributed by atoms with van der Waals surface area (Å²) in [5, 5.41) is 22.8. The van der Waals surface area contributed by atoms with Gasteiger partial charge in [-0.05, 0) is 31.2 Å². The van der Waals surface area contributed by atoms with Crippen LogP contribution in [0.3, 0.4) is 0 Å². The molecule has 3 N–H and O–H groups in total. The number of carbonyl (C=O) groups excluding carboxylic acids is 1. The van der Waals surface area contributed by atoms with Crippen LogP contribution >= 0.6 is 0 Å². The summed E-state index contributed by atoms with van der Waals surface area (Å²) in [6.07, 6.45) is 4.32. The second kappa shape index (κ2) is 7.05. The van der Waals surface area contributed by atoms with Crippen LogP contribution in [0.25, 0.3) is 0 Å². The van der Waals surface area contributed by atoms with Gasteiger partial charge in [-0.15, -0.1) is 0 Å². The third-order valence-electron chi connectivity index (χ3n) is 4.61. The minimum absolute atomic E-state index is 0.106. The molecule has 1 aliphatic carbocycles. The summed E-state index contributed by atoms with van der Waals surface area (Å²) in [4.78, 5) is 12.3. The van der Waals surface area contributed by atoms with E-state index in [0.29, 0.717) is 5.56 Å². The van der Waals surface area contributed by atoms with Crippen molar-refractivity contribution < 1.29 is 15.0 Å². The first kappa shape index (κ1) is 16.0. The van der Waals surface area contributed by atoms with Crippen LogP contribution in [0.2, 0.25) is 0 Å². The summed E-state index contributed by atoms with van der Waals surface area (Å²) in [7, 11) is 0. The maximum Gasteiger partial charge on any atom is 0.253 e. The van der Waals surface area contributed by atoms with Crippen LogP contribution in [0.4, 0.5) is 0 Å². The van der Waals surface area contributed by atoms with Crippen LogP contribution < -0.4 is 5.32 Å². The largest absolute Gasteiger partial charge is 0.394 e. The Labute approximate surface area is 126 Å². The van der Waals surface area contributed by atoms with E-state index in [1.165, 1.54) is 6.42 Å². The Hall–Kier alpha value is -1.39. The van der Waals surface area contributed by atoms with Gasteiger partial charge < -0.3 is 15.5 Å². The van der Waals surface area contributed by atoms with E-state index < -0.39 is 17.6 Å². The fraction of sp³-hybridized carbons (Fsp3) is 0.588. The smallest absolute Gasteiger partial charge is 0.253 e. The molecule has 0 heterocycles. The fourth-order valence-corrected chi connectivity index (χ4v) is 3.15. The lowest BCUT2D eigenvalue weighted by Gasteiger charge is -2.39. The molecule has 2 rings (SSSR count). The molecule has 0 bridgehead atoms. The van der Waals surface area contributed by atoms with Crippen LogP contribution in [0.1, 0.15) is 50.7 Å². The van der Waals surface area contributed by atoms with E-state index in [4.69, 9.17) is 0 Å². The Morgan fingerprint density at radius 2 is 1.90 bits per heavy atom. The summed E-state index contributed by atoms with van der Waals surface area (Å²) in [5.41, 5.74) is -0.0910. The van der Waals surface area contributed by atoms with Gasteiger partial charge in [-0.25, -0.2) is 0 Å². The van der Waals surface area contributed by atoms with Crippen molar-refractivity contribution in [3.8, 4) is 0 Å². The van der Waals surface area contributed by atoms with Gasteiger partial charge >= 0.3 is 0 Å². The second-order valence-corrected chi connectivity index (χ2v) is 6.21. The van der Waals surface area contributed by atoms with Gasteiger partial charge in [0.15, 0.2) is 6.10 Å². The molecule has 21 heavy (non-hydrogen) atoms. The number of hydrogen-bond donors (Lipinski definition) is 3. The molecule has 1 aromatic carbocycles. The van der Waals surface area contributed by atoms with Gasteiger partial charge in [0.2, 0.25) is 0 Å². The minimum Gasteiger partial charge on any atom is -0.394 e. The van der Waals surface area contributed by atoms with Crippen molar-refractivity contribution in [3.05, 3.63) is 35.9 Å². The number of carbonyl (C=O) groups is 1. The lowest BCUT2D eigenvalue weighted by atomic mass is 9.76. The Morgan fingerprint density at radius 1 is 1.29 bits per heavy atom. The van der Waals surface area contributed by atoms with E-state index in [2.05, 4.69) is 5.32 Å². The lowest BCUT2D eigenvalue weighted by Crippen LogP contribution is -2.55. The predicted octanol–water partition coefficient (Wildman–Crippen LogP) is 2.17. The van der Waals surface area contributed by atoms with Crippen molar-refractivity contribution >= 4 is 5.91 Å². The molecule has 0 aromatic heterocycles. The molecule has 0 spiro atoms. The normalized spacial score (nSPS) is 20.5. The molecule has 1 amide bonds. The van der Waals surface area contributed by atoms with Crippen molar-refractivity contribution in [1.29, 1.82) is 0 Å². The number of benzene rings is 1. The maximum atomic E-state index is 12.3. The summed E-state index contributed by atoms with van der Waals surface area (Å²) < 4.78 is 0. The van der Waals surface area contributed by atoms with Crippen LogP contribution in [-0.4, -0.2) is 28.3 Å². The average Bonchev–Trinajstić information content (AvgIpc) is 2.55. The number of aliphatic hydroxyl groups excluding tert-OH is 2. The highest BCUT2D eigenvalue weighted by Gasteiger charge is 2.37. The molecule has 116 valence electrons. The minimum atomic E-state index is -1.19. The van der Waals surface area contributed by atoms with Crippen molar-refractivity contribution in [2.45, 2.75) is 50.7 Å². The highest BCUT2D eigenvalue weighted by atomic mass is 16.3. The van der Waals surface area contributed by atoms with E-state index in [1.54, 1.807) is 24.3 Å². The SMILES string of the molecule is CC(CO)(NC(=O)C(O)c1ccccc1)C1CCCCC1. The third-order valence-corrected chi connectivity index (χ3v) is 4.61. The Balaban J connectivity index is 2.05. The van der Waals surface area contributed by atoms with Crippen molar-refractivity contribution in [2.24, 2.45) is 5.92 Å². The molecule has 4 heteroatoms. The second-order valence-electron chi connectivity index (χ2n) is 6.21. The molecule has 0 radical (unpaired) electrons. The van der Waals surface area contributed by atoms with Crippen LogP contribution in [0.15, 0.2) is 30.3 Å². The van der Waals surface area contributed by atoms with Gasteiger partial charge in [0.05, 0.1) is 12.1 Å². The summed E-state index contributed by atoms with van der Waals surface area (Å²) in [6, 6.07) is 8.87. The lowest BCUT2D eigenvalue weighted by molar-refractivity contribution is -0.133. The Kier molecular flexibility index (Phi) is 5.37. The quantitative estimate of drug-likeness (QED) is 0.778. The molecule has 2 atom stereocenters. The fourth-order valence-electron chi connectivity index (χ4n) is 3.15. The molecule has 1 aliphatic rings. The molecule has 1 aromatic rings. The standard InChI is InChI=1S/C17H25NO3/c1-17(12-19,14-10-6-3-7-11-14)18-16(21)15(20)13-8-4-2-5-9-13/h2,4-5,8-9,14-15,19-20H,3,6-7,10-12H2,1H3,(H,18,21). The van der Waals surface area contributed by atoms with Gasteiger partial charge in [-0.2, -0.15) is 0 Å². The summed E-state index contributed by atoms with van der Waals surface area (Å²) >= 11 is 0. The van der Waals surface area contributed by atoms with E-state index in [1.807, 2.05) is 13.0 Å². The maximum absolute atomic E-state index is 12.3. The molecule has 0 saturated heterocycles. The van der Waals surface area contributed by atoms with Gasteiger partial charge in [0.1, 0.15) is 0 Å². The van der Waals surface area contributed by atoms with Crippen molar-refractivity contribution in [2.75, 3.05) is 6.61 Å². The third kappa shape index (κ3) is 3.83. The molecular formula is C17H25NO3. The summed E-state index contributed by atoms with van der Waals surface area (Å²) in [5.74, 6) is -0.175. The highest BCUT2D eigenvalue weighted by Crippen LogP contribution is 2.32. The van der Waals surface area contributed by atoms with Crippen molar-refractivity contribution in [1.82, 2.24) is 5.32 Å². The molecule has 1 fully saturated rings. The topological polar surface area (TPSA) is 69.6 Å². The number of amides is 1. The van der Waals surface area contributed by atoms with Gasteiger partial charge in [-0.3, -0.25) is 4.79 Å². The zero-order chi connectivity index (χ0) is 15.3. The van der Waals surface area contributed by atoms with E-state index in [9.17, 15) is 15.0 Å². The number of nitrogens with one attached hydrogen (secondary N) is 1. The predicted molar refractivity (Wildman–Crippen MR) is 81.6 cm³/mol. The van der Waals surface area contributed by atoms with Gasteiger partial charge in [-0.1, -0.05) is 49.6 Å². The first-order valence-electron chi connectivity index (χ1n) is 7.73. The summed E-state index contributed by atoms with van der Waals surface area (Å²) in [6.45, 7) is 1.77. The monoisotopic (exact) mass is 291 g/mol. The van der Waals surface area contributed by atoms with Crippen molar-refractivity contribution in [3.63, 3.8) is 0 Å². The van der Waals surface area contributed by atoms with E-state index in [0.717, 1.165) is 25.7 Å². The highest BCUT2D eigenvalue weighted by molar-refractivity contribution is 5.82. The van der Waals surface area contributed by atoms with Crippen LogP contribution in [0, 0.1) is 5.92 Å². The molecule has 2 unspecified atom stereocenters. The first-order chi connectivity index (χ1) is 10.1. The zero-order valence-electron chi connectivity index (χ0n) is 12.6. The molecule has 4 nitrogen and oxygen atoms in total. The van der Waals surface area contributed by atoms with Gasteiger partial charge in [0.25, 0.3) is 5.91 Å². The number of hydrogen-bond acceptors (Lipinski definition) is 3. The van der Waals surface area contributed by atoms with E-state index in [-0.39, 0.29) is 12.5 Å². The molecular weight excluding hydrogens is 266 g/mol. The molecule has 1 saturated carbocycles. The molecule has 0 aliphatic heterocycles. The Bertz CT molecular complexity index is 456. The number of rotatable bonds is 5. The van der Waals surface area contributed by atoms with Crippen LogP contribution in [-0.2, 0) is 4.79 Å².